The summed E-state index contributed by atoms with van der Waals surface area (Å²) >= 11 is 0. The smallest absolute Gasteiger partial charge is 0.137 e. The molecule has 1 aliphatic rings. The van der Waals surface area contributed by atoms with Gasteiger partial charge in [0.05, 0.1) is 5.69 Å². The van der Waals surface area contributed by atoms with Crippen LogP contribution in [0.4, 0.5) is 0 Å². The Labute approximate surface area is 65.9 Å². The topological polar surface area (TPSA) is 33.1 Å². The second-order valence-corrected chi connectivity index (χ2v) is 3.05. The van der Waals surface area contributed by atoms with E-state index >= 15 is 0 Å². The van der Waals surface area contributed by atoms with Gasteiger partial charge in [-0.05, 0) is 37.8 Å². The van der Waals surface area contributed by atoms with E-state index in [2.05, 4.69) is 4.98 Å². The largest absolute Gasteiger partial charge is 0.506 e. The van der Waals surface area contributed by atoms with E-state index in [1.807, 2.05) is 13.0 Å². The van der Waals surface area contributed by atoms with Crippen LogP contribution in [0, 0.1) is 6.92 Å². The minimum atomic E-state index is 0.339. The molecule has 2 nitrogen and oxygen atoms in total. The molecule has 0 spiro atoms. The molecule has 58 valence electrons. The van der Waals surface area contributed by atoms with E-state index in [0.717, 1.165) is 18.5 Å². The van der Waals surface area contributed by atoms with Crippen LogP contribution in [0.25, 0.3) is 0 Å². The third kappa shape index (κ3) is 0.985. The maximum Gasteiger partial charge on any atom is 0.137 e. The summed E-state index contributed by atoms with van der Waals surface area (Å²) in [5.74, 6) is 0.339. The molecule has 1 aromatic rings. The van der Waals surface area contributed by atoms with Gasteiger partial charge >= 0.3 is 0 Å². The molecule has 0 unspecified atom stereocenters. The van der Waals surface area contributed by atoms with Gasteiger partial charge in [0.25, 0.3) is 0 Å². The fourth-order valence-corrected chi connectivity index (χ4v) is 1.56. The van der Waals surface area contributed by atoms with E-state index < -0.39 is 0 Å². The second-order valence-electron chi connectivity index (χ2n) is 3.05. The summed E-state index contributed by atoms with van der Waals surface area (Å²) in [4.78, 5) is 4.30. The molecule has 2 heteroatoms. The summed E-state index contributed by atoms with van der Waals surface area (Å²) in [6, 6.07) is 1.85. The number of rotatable bonds is 0. The summed E-state index contributed by atoms with van der Waals surface area (Å²) in [7, 11) is 0. The number of fused-ring (bicyclic) bond motifs is 1. The van der Waals surface area contributed by atoms with E-state index in [1.165, 1.54) is 17.7 Å². The lowest BCUT2D eigenvalue weighted by molar-refractivity contribution is 0.466. The molecule has 1 N–H and O–H groups in total. The van der Waals surface area contributed by atoms with Gasteiger partial charge in [0, 0.05) is 5.69 Å². The molecule has 0 aromatic carbocycles. The Balaban J connectivity index is 2.57. The minimum Gasteiger partial charge on any atom is -0.506 e. The Kier molecular flexibility index (Phi) is 1.34. The van der Waals surface area contributed by atoms with Crippen molar-refractivity contribution in [2.45, 2.75) is 26.2 Å². The predicted molar refractivity (Wildman–Crippen MR) is 42.7 cm³/mol. The Hall–Kier alpha value is -1.05. The molecule has 0 saturated carbocycles. The molecule has 0 fully saturated rings. The van der Waals surface area contributed by atoms with Gasteiger partial charge < -0.3 is 5.11 Å². The standard InChI is InChI=1S/C9H11NO/c1-6-9(11)5-7-3-2-4-8(7)10-6/h5,11H,2-4H2,1H3. The van der Waals surface area contributed by atoms with Gasteiger partial charge in [0.15, 0.2) is 0 Å². The highest BCUT2D eigenvalue weighted by Crippen LogP contribution is 2.25. The quantitative estimate of drug-likeness (QED) is 0.607. The fourth-order valence-electron chi connectivity index (χ4n) is 1.56. The van der Waals surface area contributed by atoms with Crippen molar-refractivity contribution in [3.8, 4) is 5.75 Å². The van der Waals surface area contributed by atoms with Crippen LogP contribution < -0.4 is 0 Å². The van der Waals surface area contributed by atoms with Crippen LogP contribution in [0.3, 0.4) is 0 Å². The first-order valence-corrected chi connectivity index (χ1v) is 3.96. The monoisotopic (exact) mass is 149 g/mol. The normalized spacial score (nSPS) is 15.0. The van der Waals surface area contributed by atoms with Gasteiger partial charge in [0.1, 0.15) is 5.75 Å². The number of aromatic nitrogens is 1. The number of aromatic hydroxyl groups is 1. The molecule has 1 aromatic heterocycles. The van der Waals surface area contributed by atoms with Gasteiger partial charge in [0.2, 0.25) is 0 Å². The molecule has 1 heterocycles. The number of hydrogen-bond donors (Lipinski definition) is 1. The highest BCUT2D eigenvalue weighted by Gasteiger charge is 2.13. The van der Waals surface area contributed by atoms with Gasteiger partial charge in [-0.15, -0.1) is 0 Å². The third-order valence-corrected chi connectivity index (χ3v) is 2.21. The molecule has 11 heavy (non-hydrogen) atoms. The average Bonchev–Trinajstić information content (AvgIpc) is 2.36. The van der Waals surface area contributed by atoms with Crippen molar-refractivity contribution in [2.75, 3.05) is 0 Å². The predicted octanol–water partition coefficient (Wildman–Crippen LogP) is 1.58. The molecule has 0 radical (unpaired) electrons. The molecule has 1 aliphatic carbocycles. The average molecular weight is 149 g/mol. The number of nitrogens with zero attached hydrogens (tertiary/aromatic N) is 1. The first-order valence-electron chi connectivity index (χ1n) is 3.96. The van der Waals surface area contributed by atoms with E-state index in [9.17, 15) is 5.11 Å². The first kappa shape index (κ1) is 6.65. The number of aryl methyl sites for hydroxylation is 3. The number of hydrogen-bond acceptors (Lipinski definition) is 2. The van der Waals surface area contributed by atoms with Crippen LogP contribution in [0.1, 0.15) is 23.4 Å². The van der Waals surface area contributed by atoms with Crippen molar-refractivity contribution in [3.63, 3.8) is 0 Å². The molecule has 0 atom stereocenters. The van der Waals surface area contributed by atoms with Gasteiger partial charge in [-0.1, -0.05) is 0 Å². The fraction of sp³-hybridized carbons (Fsp3) is 0.444. The lowest BCUT2D eigenvalue weighted by Crippen LogP contribution is -1.90. The van der Waals surface area contributed by atoms with Crippen molar-refractivity contribution >= 4 is 0 Å². The lowest BCUT2D eigenvalue weighted by Gasteiger charge is -2.01. The van der Waals surface area contributed by atoms with Crippen LogP contribution in [-0.2, 0) is 12.8 Å². The van der Waals surface area contributed by atoms with Crippen molar-refractivity contribution in [3.05, 3.63) is 23.0 Å². The molecule has 0 bridgehead atoms. The summed E-state index contributed by atoms with van der Waals surface area (Å²) in [6.07, 6.45) is 3.35. The van der Waals surface area contributed by atoms with E-state index in [-0.39, 0.29) is 0 Å². The Morgan fingerprint density at radius 3 is 3.09 bits per heavy atom. The zero-order chi connectivity index (χ0) is 7.84. The molecule has 0 aliphatic heterocycles. The molecular formula is C9H11NO. The Morgan fingerprint density at radius 2 is 2.27 bits per heavy atom. The van der Waals surface area contributed by atoms with E-state index in [1.54, 1.807) is 0 Å². The van der Waals surface area contributed by atoms with Crippen LogP contribution in [0.5, 0.6) is 5.75 Å². The van der Waals surface area contributed by atoms with Gasteiger partial charge in [-0.25, -0.2) is 0 Å². The van der Waals surface area contributed by atoms with Crippen LogP contribution in [0.15, 0.2) is 6.07 Å². The molecule has 2 rings (SSSR count). The van der Waals surface area contributed by atoms with Crippen molar-refractivity contribution in [2.24, 2.45) is 0 Å². The van der Waals surface area contributed by atoms with Crippen LogP contribution in [0.2, 0.25) is 0 Å². The minimum absolute atomic E-state index is 0.339. The van der Waals surface area contributed by atoms with Gasteiger partial charge in [-0.3, -0.25) is 4.98 Å². The second kappa shape index (κ2) is 2.22. The summed E-state index contributed by atoms with van der Waals surface area (Å²) < 4.78 is 0. The highest BCUT2D eigenvalue weighted by atomic mass is 16.3. The first-order chi connectivity index (χ1) is 5.27. The number of pyridine rings is 1. The van der Waals surface area contributed by atoms with Crippen molar-refractivity contribution < 1.29 is 5.11 Å². The van der Waals surface area contributed by atoms with Crippen LogP contribution >= 0.6 is 0 Å². The summed E-state index contributed by atoms with van der Waals surface area (Å²) in [6.45, 7) is 1.84. The maximum atomic E-state index is 9.32. The summed E-state index contributed by atoms with van der Waals surface area (Å²) in [5, 5.41) is 9.32. The third-order valence-electron chi connectivity index (χ3n) is 2.21. The van der Waals surface area contributed by atoms with Crippen LogP contribution in [-0.4, -0.2) is 10.1 Å². The zero-order valence-corrected chi connectivity index (χ0v) is 6.59. The van der Waals surface area contributed by atoms with Crippen molar-refractivity contribution in [1.29, 1.82) is 0 Å². The summed E-state index contributed by atoms with van der Waals surface area (Å²) in [5.41, 5.74) is 3.17. The van der Waals surface area contributed by atoms with Crippen molar-refractivity contribution in [1.82, 2.24) is 4.98 Å². The maximum absolute atomic E-state index is 9.32. The molecule has 0 saturated heterocycles. The van der Waals surface area contributed by atoms with E-state index in [0.29, 0.717) is 5.75 Å². The zero-order valence-electron chi connectivity index (χ0n) is 6.59. The van der Waals surface area contributed by atoms with Gasteiger partial charge in [-0.2, -0.15) is 0 Å². The lowest BCUT2D eigenvalue weighted by atomic mass is 10.2. The molecular weight excluding hydrogens is 138 g/mol. The van der Waals surface area contributed by atoms with E-state index in [4.69, 9.17) is 0 Å². The molecule has 0 amide bonds. The Bertz CT molecular complexity index is 265. The Morgan fingerprint density at radius 1 is 1.45 bits per heavy atom. The SMILES string of the molecule is Cc1nc2c(cc1O)CCC2. The highest BCUT2D eigenvalue weighted by molar-refractivity contribution is 5.36.